The van der Waals surface area contributed by atoms with Gasteiger partial charge in [0.1, 0.15) is 0 Å². The van der Waals surface area contributed by atoms with Gasteiger partial charge in [-0.3, -0.25) is 0 Å². The third-order valence-corrected chi connectivity index (χ3v) is 4.94. The zero-order chi connectivity index (χ0) is 13.8. The minimum Gasteiger partial charge on any atom is -0.311 e. The van der Waals surface area contributed by atoms with E-state index in [9.17, 15) is 0 Å². The van der Waals surface area contributed by atoms with E-state index in [0.29, 0.717) is 12.1 Å². The molecule has 0 bridgehead atoms. The van der Waals surface area contributed by atoms with E-state index in [4.69, 9.17) is 0 Å². The average molecular weight is 324 g/mol. The molecule has 1 aliphatic rings. The lowest BCUT2D eigenvalue weighted by Gasteiger charge is -2.35. The van der Waals surface area contributed by atoms with Gasteiger partial charge in [-0.15, -0.1) is 0 Å². The Hall–Kier alpha value is -0.340. The van der Waals surface area contributed by atoms with Gasteiger partial charge in [0.05, 0.1) is 0 Å². The Kier molecular flexibility index (Phi) is 5.47. The van der Waals surface area contributed by atoms with Crippen molar-refractivity contribution in [2.45, 2.75) is 58.5 Å². The van der Waals surface area contributed by atoms with Crippen molar-refractivity contribution in [2.75, 3.05) is 0 Å². The van der Waals surface area contributed by atoms with Crippen LogP contribution >= 0.6 is 15.9 Å². The van der Waals surface area contributed by atoms with Crippen molar-refractivity contribution in [2.24, 2.45) is 11.8 Å². The third-order valence-electron chi connectivity index (χ3n) is 4.41. The lowest BCUT2D eigenvalue weighted by molar-refractivity contribution is 0.215. The van der Waals surface area contributed by atoms with E-state index in [-0.39, 0.29) is 0 Å². The summed E-state index contributed by atoms with van der Waals surface area (Å²) in [6.45, 7) is 7.10. The van der Waals surface area contributed by atoms with Crippen molar-refractivity contribution in [3.63, 3.8) is 0 Å². The molecule has 0 saturated heterocycles. The third kappa shape index (κ3) is 4.61. The van der Waals surface area contributed by atoms with Crippen LogP contribution in [0.15, 0.2) is 28.7 Å². The van der Waals surface area contributed by atoms with E-state index in [2.05, 4.69) is 66.3 Å². The lowest BCUT2D eigenvalue weighted by atomic mass is 9.79. The number of hydrogen-bond donors (Lipinski definition) is 1. The van der Waals surface area contributed by atoms with Crippen molar-refractivity contribution in [3.8, 4) is 0 Å². The van der Waals surface area contributed by atoms with Crippen LogP contribution in [0.1, 0.15) is 45.6 Å². The van der Waals surface area contributed by atoms with Crippen LogP contribution in [0.25, 0.3) is 0 Å². The van der Waals surface area contributed by atoms with Gasteiger partial charge in [0, 0.05) is 16.6 Å². The van der Waals surface area contributed by atoms with Gasteiger partial charge >= 0.3 is 0 Å². The average Bonchev–Trinajstić information content (AvgIpc) is 2.37. The molecule has 1 fully saturated rings. The monoisotopic (exact) mass is 323 g/mol. The molecule has 1 aliphatic carbocycles. The zero-order valence-electron chi connectivity index (χ0n) is 12.3. The summed E-state index contributed by atoms with van der Waals surface area (Å²) in [7, 11) is 0. The summed E-state index contributed by atoms with van der Waals surface area (Å²) in [5.41, 5.74) is 1.42. The van der Waals surface area contributed by atoms with E-state index in [1.54, 1.807) is 0 Å². The fraction of sp³-hybridized carbons (Fsp3) is 0.647. The van der Waals surface area contributed by atoms with E-state index in [1.165, 1.54) is 24.8 Å². The smallest absolute Gasteiger partial charge is 0.0175 e. The molecule has 2 heteroatoms. The molecule has 0 heterocycles. The molecule has 0 aromatic heterocycles. The first-order valence-corrected chi connectivity index (χ1v) is 8.34. The number of halogens is 1. The molecule has 1 aromatic carbocycles. The molecule has 19 heavy (non-hydrogen) atoms. The molecular formula is C17H26BrN. The van der Waals surface area contributed by atoms with E-state index >= 15 is 0 Å². The van der Waals surface area contributed by atoms with Crippen LogP contribution in [0.4, 0.5) is 0 Å². The van der Waals surface area contributed by atoms with Crippen molar-refractivity contribution >= 4 is 15.9 Å². The highest BCUT2D eigenvalue weighted by Crippen LogP contribution is 2.28. The SMILES string of the molecule is CC1CCC(C)C(NC(C)Cc2ccc(Br)cc2)C1. The van der Waals surface area contributed by atoms with Gasteiger partial charge in [0.15, 0.2) is 0 Å². The molecular weight excluding hydrogens is 298 g/mol. The fourth-order valence-electron chi connectivity index (χ4n) is 3.16. The van der Waals surface area contributed by atoms with Crippen LogP contribution in [0, 0.1) is 11.8 Å². The first kappa shape index (κ1) is 15.1. The summed E-state index contributed by atoms with van der Waals surface area (Å²) >= 11 is 3.49. The summed E-state index contributed by atoms with van der Waals surface area (Å²) in [6.07, 6.45) is 5.24. The maximum absolute atomic E-state index is 3.85. The van der Waals surface area contributed by atoms with Crippen molar-refractivity contribution in [3.05, 3.63) is 34.3 Å². The number of hydrogen-bond acceptors (Lipinski definition) is 1. The van der Waals surface area contributed by atoms with Gasteiger partial charge in [0.2, 0.25) is 0 Å². The molecule has 0 amide bonds. The van der Waals surface area contributed by atoms with Crippen molar-refractivity contribution in [1.82, 2.24) is 5.32 Å². The van der Waals surface area contributed by atoms with Gasteiger partial charge in [-0.05, 0) is 55.7 Å². The summed E-state index contributed by atoms with van der Waals surface area (Å²) in [6, 6.07) is 9.96. The summed E-state index contributed by atoms with van der Waals surface area (Å²) < 4.78 is 1.16. The second-order valence-electron chi connectivity index (χ2n) is 6.40. The molecule has 0 radical (unpaired) electrons. The molecule has 1 N–H and O–H groups in total. The van der Waals surface area contributed by atoms with Gasteiger partial charge in [0.25, 0.3) is 0 Å². The zero-order valence-corrected chi connectivity index (χ0v) is 13.9. The normalized spacial score (nSPS) is 29.2. The summed E-state index contributed by atoms with van der Waals surface area (Å²) in [5.74, 6) is 1.71. The quantitative estimate of drug-likeness (QED) is 0.839. The van der Waals surface area contributed by atoms with Gasteiger partial charge in [-0.2, -0.15) is 0 Å². The van der Waals surface area contributed by atoms with Crippen LogP contribution in [0.3, 0.4) is 0 Å². The Labute approximate surface area is 126 Å². The first-order chi connectivity index (χ1) is 9.04. The second-order valence-corrected chi connectivity index (χ2v) is 7.32. The first-order valence-electron chi connectivity index (χ1n) is 7.55. The Morgan fingerprint density at radius 3 is 2.58 bits per heavy atom. The van der Waals surface area contributed by atoms with E-state index in [1.807, 2.05) is 0 Å². The molecule has 4 unspecified atom stereocenters. The molecule has 0 aliphatic heterocycles. The predicted molar refractivity (Wildman–Crippen MR) is 86.4 cm³/mol. The van der Waals surface area contributed by atoms with Gasteiger partial charge in [-0.1, -0.05) is 48.3 Å². The van der Waals surface area contributed by atoms with Crippen LogP contribution in [-0.2, 0) is 6.42 Å². The van der Waals surface area contributed by atoms with Crippen molar-refractivity contribution in [1.29, 1.82) is 0 Å². The molecule has 0 spiro atoms. The molecule has 4 atom stereocenters. The molecule has 1 aromatic rings. The molecule has 1 nitrogen and oxygen atoms in total. The summed E-state index contributed by atoms with van der Waals surface area (Å²) in [5, 5.41) is 3.85. The molecule has 106 valence electrons. The molecule has 1 saturated carbocycles. The number of benzene rings is 1. The van der Waals surface area contributed by atoms with E-state index < -0.39 is 0 Å². The minimum atomic E-state index is 0.555. The van der Waals surface area contributed by atoms with Crippen LogP contribution in [0.5, 0.6) is 0 Å². The van der Waals surface area contributed by atoms with Gasteiger partial charge in [-0.25, -0.2) is 0 Å². The minimum absolute atomic E-state index is 0.555. The van der Waals surface area contributed by atoms with E-state index in [0.717, 1.165) is 22.7 Å². The Morgan fingerprint density at radius 2 is 1.89 bits per heavy atom. The van der Waals surface area contributed by atoms with Gasteiger partial charge < -0.3 is 5.32 Å². The molecule has 2 rings (SSSR count). The maximum Gasteiger partial charge on any atom is 0.0175 e. The highest BCUT2D eigenvalue weighted by molar-refractivity contribution is 9.10. The largest absolute Gasteiger partial charge is 0.311 e. The Morgan fingerprint density at radius 1 is 1.21 bits per heavy atom. The number of rotatable bonds is 4. The second kappa shape index (κ2) is 6.90. The maximum atomic E-state index is 3.85. The highest BCUT2D eigenvalue weighted by atomic mass is 79.9. The Bertz CT molecular complexity index is 387. The van der Waals surface area contributed by atoms with Crippen LogP contribution in [-0.4, -0.2) is 12.1 Å². The standard InChI is InChI=1S/C17H26BrN/c1-12-4-5-13(2)17(10-12)19-14(3)11-15-6-8-16(18)9-7-15/h6-9,12-14,17,19H,4-5,10-11H2,1-3H3. The topological polar surface area (TPSA) is 12.0 Å². The fourth-order valence-corrected chi connectivity index (χ4v) is 3.43. The number of nitrogens with one attached hydrogen (secondary N) is 1. The lowest BCUT2D eigenvalue weighted by Crippen LogP contribution is -2.44. The van der Waals surface area contributed by atoms with Crippen LogP contribution in [0.2, 0.25) is 0 Å². The summed E-state index contributed by atoms with van der Waals surface area (Å²) in [4.78, 5) is 0. The predicted octanol–water partition coefficient (Wildman–Crippen LogP) is 4.79. The van der Waals surface area contributed by atoms with Crippen molar-refractivity contribution < 1.29 is 0 Å². The highest BCUT2D eigenvalue weighted by Gasteiger charge is 2.26. The van der Waals surface area contributed by atoms with Crippen LogP contribution < -0.4 is 5.32 Å². The Balaban J connectivity index is 1.86.